The van der Waals surface area contributed by atoms with E-state index in [-0.39, 0.29) is 0 Å². The Balaban J connectivity index is 2.37. The minimum atomic E-state index is 0.694. The van der Waals surface area contributed by atoms with Crippen molar-refractivity contribution in [3.05, 3.63) is 54.3 Å². The Morgan fingerprint density at radius 2 is 2.07 bits per heavy atom. The molecule has 0 nitrogen and oxygen atoms in total. The van der Waals surface area contributed by atoms with E-state index in [4.69, 9.17) is 0 Å². The van der Waals surface area contributed by atoms with Crippen LogP contribution in [0.4, 0.5) is 0 Å². The fourth-order valence-corrected chi connectivity index (χ4v) is 2.11. The van der Waals surface area contributed by atoms with E-state index in [1.54, 1.807) is 0 Å². The molecule has 0 amide bonds. The summed E-state index contributed by atoms with van der Waals surface area (Å²) in [6.45, 7) is 3.59. The quantitative estimate of drug-likeness (QED) is 0.529. The number of rotatable bonds is 6. The summed E-state index contributed by atoms with van der Waals surface area (Å²) in [4.78, 5) is 0. The van der Waals surface area contributed by atoms with E-state index in [1.807, 2.05) is 6.08 Å². The number of hydrogen-bond donors (Lipinski definition) is 0. The number of alkyl halides is 1. The van der Waals surface area contributed by atoms with Gasteiger partial charge in [-0.2, -0.15) is 0 Å². The monoisotopic (exact) mass is 264 g/mol. The minimum Gasteiger partial charge on any atom is -0.133 e. The molecular formula is C14H17Br. The van der Waals surface area contributed by atoms with Gasteiger partial charge in [0.1, 0.15) is 0 Å². The zero-order valence-electron chi connectivity index (χ0n) is 8.95. The third kappa shape index (κ3) is 5.01. The Morgan fingerprint density at radius 1 is 1.33 bits per heavy atom. The standard InChI is InChI=1S/C14H17Br/c1-2-3-7-14(12-15)11-10-13-8-5-4-6-9-13/h3-6,8-9,14H,1,7,10-12H2. The molecule has 0 aliphatic rings. The Kier molecular flexibility index (Phi) is 6.15. The molecule has 1 rings (SSSR count). The molecule has 0 saturated carbocycles. The van der Waals surface area contributed by atoms with Crippen LogP contribution in [-0.4, -0.2) is 5.33 Å². The second-order valence-corrected chi connectivity index (χ2v) is 4.34. The lowest BCUT2D eigenvalue weighted by molar-refractivity contribution is 0.553. The summed E-state index contributed by atoms with van der Waals surface area (Å²) in [6, 6.07) is 10.6. The summed E-state index contributed by atoms with van der Waals surface area (Å²) in [5, 5.41) is 1.05. The van der Waals surface area contributed by atoms with E-state index in [0.717, 1.165) is 18.2 Å². The highest BCUT2D eigenvalue weighted by Gasteiger charge is 2.05. The molecule has 0 bridgehead atoms. The Morgan fingerprint density at radius 3 is 2.67 bits per heavy atom. The molecule has 1 atom stereocenters. The smallest absolute Gasteiger partial charge is 0.00629 e. The SMILES string of the molecule is C=C=CCC(CBr)CCc1ccccc1. The molecule has 0 radical (unpaired) electrons. The van der Waals surface area contributed by atoms with Crippen LogP contribution in [0.5, 0.6) is 0 Å². The molecular weight excluding hydrogens is 248 g/mol. The lowest BCUT2D eigenvalue weighted by atomic mass is 9.98. The highest BCUT2D eigenvalue weighted by molar-refractivity contribution is 9.09. The van der Waals surface area contributed by atoms with Crippen LogP contribution in [0.1, 0.15) is 18.4 Å². The summed E-state index contributed by atoms with van der Waals surface area (Å²) < 4.78 is 0. The maximum atomic E-state index is 3.59. The van der Waals surface area contributed by atoms with Crippen molar-refractivity contribution >= 4 is 15.9 Å². The van der Waals surface area contributed by atoms with Crippen LogP contribution in [0.15, 0.2) is 48.7 Å². The molecule has 1 unspecified atom stereocenters. The van der Waals surface area contributed by atoms with Crippen LogP contribution in [0, 0.1) is 5.92 Å². The molecule has 0 saturated heterocycles. The first-order chi connectivity index (χ1) is 7.36. The lowest BCUT2D eigenvalue weighted by Gasteiger charge is -2.10. The van der Waals surface area contributed by atoms with Crippen molar-refractivity contribution in [1.82, 2.24) is 0 Å². The molecule has 0 aliphatic heterocycles. The van der Waals surface area contributed by atoms with E-state index in [1.165, 1.54) is 12.0 Å². The van der Waals surface area contributed by atoms with Crippen LogP contribution in [0.2, 0.25) is 0 Å². The van der Waals surface area contributed by atoms with Crippen molar-refractivity contribution in [2.75, 3.05) is 5.33 Å². The highest BCUT2D eigenvalue weighted by Crippen LogP contribution is 2.16. The first kappa shape index (κ1) is 12.3. The van der Waals surface area contributed by atoms with E-state index in [2.05, 4.69) is 58.6 Å². The number of aryl methyl sites for hydroxylation is 1. The van der Waals surface area contributed by atoms with Gasteiger partial charge in [0.15, 0.2) is 0 Å². The van der Waals surface area contributed by atoms with Crippen LogP contribution in [0.3, 0.4) is 0 Å². The molecule has 1 aromatic carbocycles. The van der Waals surface area contributed by atoms with Gasteiger partial charge in [-0.25, -0.2) is 0 Å². The van der Waals surface area contributed by atoms with Gasteiger partial charge in [-0.1, -0.05) is 52.8 Å². The summed E-state index contributed by atoms with van der Waals surface area (Å²) in [5.74, 6) is 0.694. The highest BCUT2D eigenvalue weighted by atomic mass is 79.9. The summed E-state index contributed by atoms with van der Waals surface area (Å²) in [7, 11) is 0. The van der Waals surface area contributed by atoms with Crippen molar-refractivity contribution in [2.24, 2.45) is 5.92 Å². The lowest BCUT2D eigenvalue weighted by Crippen LogP contribution is -2.02. The van der Waals surface area contributed by atoms with Crippen LogP contribution in [0.25, 0.3) is 0 Å². The normalized spacial score (nSPS) is 11.8. The fourth-order valence-electron chi connectivity index (χ4n) is 1.52. The van der Waals surface area contributed by atoms with Gasteiger partial charge >= 0.3 is 0 Å². The summed E-state index contributed by atoms with van der Waals surface area (Å²) in [5.41, 5.74) is 4.26. The third-order valence-corrected chi connectivity index (χ3v) is 3.41. The van der Waals surface area contributed by atoms with Gasteiger partial charge in [0.25, 0.3) is 0 Å². The maximum absolute atomic E-state index is 3.59. The second-order valence-electron chi connectivity index (χ2n) is 3.69. The van der Waals surface area contributed by atoms with Gasteiger partial charge < -0.3 is 0 Å². The van der Waals surface area contributed by atoms with Crippen molar-refractivity contribution in [3.8, 4) is 0 Å². The number of allylic oxidation sites excluding steroid dienone is 1. The van der Waals surface area contributed by atoms with Gasteiger partial charge in [0, 0.05) is 5.33 Å². The summed E-state index contributed by atoms with van der Waals surface area (Å²) in [6.07, 6.45) is 5.47. The zero-order chi connectivity index (χ0) is 10.9. The Hall–Kier alpha value is -0.780. The number of benzene rings is 1. The Labute approximate surface area is 101 Å². The van der Waals surface area contributed by atoms with Crippen LogP contribution >= 0.6 is 15.9 Å². The van der Waals surface area contributed by atoms with Gasteiger partial charge in [0.2, 0.25) is 0 Å². The van der Waals surface area contributed by atoms with Crippen molar-refractivity contribution in [3.63, 3.8) is 0 Å². The third-order valence-electron chi connectivity index (χ3n) is 2.50. The average molecular weight is 265 g/mol. The molecule has 1 aromatic rings. The van der Waals surface area contributed by atoms with Crippen molar-refractivity contribution in [2.45, 2.75) is 19.3 Å². The molecule has 0 fully saturated rings. The summed E-state index contributed by atoms with van der Waals surface area (Å²) >= 11 is 3.55. The van der Waals surface area contributed by atoms with Gasteiger partial charge in [0.05, 0.1) is 0 Å². The van der Waals surface area contributed by atoms with Gasteiger partial charge in [-0.3, -0.25) is 0 Å². The minimum absolute atomic E-state index is 0.694. The molecule has 0 heterocycles. The van der Waals surface area contributed by atoms with Crippen molar-refractivity contribution < 1.29 is 0 Å². The van der Waals surface area contributed by atoms with Gasteiger partial charge in [-0.15, -0.1) is 5.73 Å². The van der Waals surface area contributed by atoms with Crippen LogP contribution in [-0.2, 0) is 6.42 Å². The van der Waals surface area contributed by atoms with E-state index >= 15 is 0 Å². The number of halogens is 1. The average Bonchev–Trinajstić information content (AvgIpc) is 2.31. The largest absolute Gasteiger partial charge is 0.133 e. The second kappa shape index (κ2) is 7.50. The molecule has 0 N–H and O–H groups in total. The van der Waals surface area contributed by atoms with Crippen molar-refractivity contribution in [1.29, 1.82) is 0 Å². The van der Waals surface area contributed by atoms with Crippen LogP contribution < -0.4 is 0 Å². The molecule has 0 spiro atoms. The van der Waals surface area contributed by atoms with Gasteiger partial charge in [-0.05, 0) is 36.8 Å². The topological polar surface area (TPSA) is 0 Å². The van der Waals surface area contributed by atoms with E-state index in [9.17, 15) is 0 Å². The zero-order valence-corrected chi connectivity index (χ0v) is 10.5. The molecule has 0 aliphatic carbocycles. The predicted molar refractivity (Wildman–Crippen MR) is 70.4 cm³/mol. The first-order valence-electron chi connectivity index (χ1n) is 5.31. The number of hydrogen-bond acceptors (Lipinski definition) is 0. The maximum Gasteiger partial charge on any atom is 0.00629 e. The fraction of sp³-hybridized carbons (Fsp3) is 0.357. The molecule has 1 heteroatoms. The van der Waals surface area contributed by atoms with E-state index < -0.39 is 0 Å². The molecule has 80 valence electrons. The molecule has 15 heavy (non-hydrogen) atoms. The Bertz CT molecular complexity index is 309. The predicted octanol–water partition coefficient (Wildman–Crippen LogP) is 4.36. The van der Waals surface area contributed by atoms with E-state index in [0.29, 0.717) is 5.92 Å². The first-order valence-corrected chi connectivity index (χ1v) is 6.43. The molecule has 0 aromatic heterocycles.